The minimum atomic E-state index is 0.215. The molecule has 1 heterocycles. The van der Waals surface area contributed by atoms with Crippen molar-refractivity contribution in [1.29, 1.82) is 0 Å². The minimum Gasteiger partial charge on any atom is -0.492 e. The van der Waals surface area contributed by atoms with Crippen molar-refractivity contribution >= 4 is 5.69 Å². The molecule has 8 nitrogen and oxygen atoms in total. The fourth-order valence-electron chi connectivity index (χ4n) is 5.15. The van der Waals surface area contributed by atoms with Crippen molar-refractivity contribution in [2.75, 3.05) is 52.8 Å². The first-order valence-corrected chi connectivity index (χ1v) is 14.0. The smallest absolute Gasteiger partial charge is 0.168 e. The van der Waals surface area contributed by atoms with Crippen molar-refractivity contribution in [1.82, 2.24) is 4.98 Å². The third kappa shape index (κ3) is 8.41. The average molecular weight is 551 g/mol. The third-order valence-corrected chi connectivity index (χ3v) is 7.20. The van der Waals surface area contributed by atoms with Gasteiger partial charge in [0.2, 0.25) is 0 Å². The van der Waals surface area contributed by atoms with E-state index >= 15 is 0 Å². The largest absolute Gasteiger partial charge is 0.492 e. The number of hydrogen-bond acceptors (Lipinski definition) is 8. The lowest BCUT2D eigenvalue weighted by Crippen LogP contribution is -2.38. The Balaban J connectivity index is 1.39. The number of aromatic nitrogens is 1. The molecule has 3 aromatic rings. The van der Waals surface area contributed by atoms with Crippen LogP contribution in [0.15, 0.2) is 66.9 Å². The van der Waals surface area contributed by atoms with Crippen LogP contribution < -0.4 is 14.5 Å². The number of methoxy groups -OCH3 is 3. The van der Waals surface area contributed by atoms with Gasteiger partial charge in [-0.15, -0.1) is 0 Å². The molecule has 0 spiro atoms. The number of anilines is 1. The van der Waals surface area contributed by atoms with Crippen molar-refractivity contribution in [3.63, 3.8) is 0 Å². The molecule has 1 aliphatic rings. The van der Waals surface area contributed by atoms with Crippen LogP contribution in [-0.4, -0.2) is 58.8 Å². The summed E-state index contributed by atoms with van der Waals surface area (Å²) in [6.07, 6.45) is 5.94. The van der Waals surface area contributed by atoms with Crippen LogP contribution in [0, 0.1) is 0 Å². The van der Waals surface area contributed by atoms with Gasteiger partial charge in [-0.25, -0.2) is 5.06 Å². The van der Waals surface area contributed by atoms with Crippen molar-refractivity contribution in [3.05, 3.63) is 83.7 Å². The second-order valence-electron chi connectivity index (χ2n) is 9.86. The first-order valence-electron chi connectivity index (χ1n) is 14.0. The summed E-state index contributed by atoms with van der Waals surface area (Å²) in [5, 5.41) is 2.05. The number of hydrogen-bond donors (Lipinski definition) is 0. The van der Waals surface area contributed by atoms with Crippen molar-refractivity contribution in [2.24, 2.45) is 0 Å². The number of pyridine rings is 1. The van der Waals surface area contributed by atoms with Crippen molar-refractivity contribution in [2.45, 2.75) is 50.9 Å². The fourth-order valence-corrected chi connectivity index (χ4v) is 5.15. The number of benzene rings is 2. The lowest BCUT2D eigenvalue weighted by atomic mass is 9.81. The van der Waals surface area contributed by atoms with Crippen LogP contribution in [0.1, 0.15) is 48.4 Å². The van der Waals surface area contributed by atoms with Crippen molar-refractivity contribution in [3.8, 4) is 11.5 Å². The summed E-state index contributed by atoms with van der Waals surface area (Å²) in [6, 6.07) is 20.9. The first kappa shape index (κ1) is 29.8. The summed E-state index contributed by atoms with van der Waals surface area (Å²) in [7, 11) is 5.00. The van der Waals surface area contributed by atoms with Gasteiger partial charge < -0.3 is 23.7 Å². The Hall–Kier alpha value is -3.17. The zero-order chi connectivity index (χ0) is 28.0. The van der Waals surface area contributed by atoms with Gasteiger partial charge in [-0.05, 0) is 60.9 Å². The quantitative estimate of drug-likeness (QED) is 0.160. The second-order valence-corrected chi connectivity index (χ2v) is 9.86. The maximum absolute atomic E-state index is 6.51. The normalized spacial score (nSPS) is 17.0. The molecule has 0 unspecified atom stereocenters. The van der Waals surface area contributed by atoms with E-state index in [1.54, 1.807) is 27.5 Å². The molecular formula is C32H42N2O6. The Kier molecular flexibility index (Phi) is 12.1. The van der Waals surface area contributed by atoms with Crippen LogP contribution in [0.25, 0.3) is 0 Å². The highest BCUT2D eigenvalue weighted by Crippen LogP contribution is 2.40. The van der Waals surface area contributed by atoms with Gasteiger partial charge >= 0.3 is 0 Å². The van der Waals surface area contributed by atoms with E-state index in [1.165, 1.54) is 5.56 Å². The molecule has 1 fully saturated rings. The van der Waals surface area contributed by atoms with Crippen LogP contribution in [-0.2, 0) is 32.3 Å². The van der Waals surface area contributed by atoms with Crippen molar-refractivity contribution < 1.29 is 28.5 Å². The molecule has 0 saturated heterocycles. The molecule has 1 aromatic heterocycles. The van der Waals surface area contributed by atoms with Crippen LogP contribution >= 0.6 is 0 Å². The molecule has 0 atom stereocenters. The number of nitrogens with zero attached hydrogens (tertiary/aromatic N) is 2. The number of hydroxylamine groups is 1. The summed E-state index contributed by atoms with van der Waals surface area (Å²) in [4.78, 5) is 11.0. The first-order chi connectivity index (χ1) is 19.7. The van der Waals surface area contributed by atoms with E-state index in [-0.39, 0.29) is 6.04 Å². The molecule has 4 rings (SSSR count). The number of rotatable bonds is 16. The molecule has 1 saturated carbocycles. The Bertz CT molecular complexity index is 1120. The van der Waals surface area contributed by atoms with Gasteiger partial charge in [0.15, 0.2) is 5.75 Å². The van der Waals surface area contributed by atoms with Crippen LogP contribution in [0.4, 0.5) is 5.69 Å². The molecule has 8 heteroatoms. The molecule has 1 aliphatic carbocycles. The lowest BCUT2D eigenvalue weighted by Gasteiger charge is -2.38. The third-order valence-electron chi connectivity index (χ3n) is 7.20. The molecular weight excluding hydrogens is 508 g/mol. The standard InChI is InChI=1S/C32H42N2O6/c1-35-19-20-38-21-22-39-29-15-11-27(12-16-29)26-9-13-28(14-10-26)34(40-23-25-7-5-4-6-8-25)31-17-18-33-30(24-36-2)32(31)37-3/h4-8,11-12,15-18,26,28H,9-10,13-14,19-24H2,1-3H3. The summed E-state index contributed by atoms with van der Waals surface area (Å²) in [6.45, 7) is 3.10. The summed E-state index contributed by atoms with van der Waals surface area (Å²) >= 11 is 0. The zero-order valence-electron chi connectivity index (χ0n) is 23.9. The molecule has 40 heavy (non-hydrogen) atoms. The maximum atomic E-state index is 6.51. The van der Waals surface area contributed by atoms with Crippen LogP contribution in [0.5, 0.6) is 11.5 Å². The van der Waals surface area contributed by atoms with Gasteiger partial charge in [0.05, 0.1) is 46.2 Å². The Morgan fingerprint density at radius 1 is 0.775 bits per heavy atom. The summed E-state index contributed by atoms with van der Waals surface area (Å²) < 4.78 is 27.5. The minimum absolute atomic E-state index is 0.215. The van der Waals surface area contributed by atoms with Gasteiger partial charge in [-0.2, -0.15) is 0 Å². The lowest BCUT2D eigenvalue weighted by molar-refractivity contribution is 0.0544. The Labute approximate surface area is 238 Å². The maximum Gasteiger partial charge on any atom is 0.168 e. The molecule has 216 valence electrons. The summed E-state index contributed by atoms with van der Waals surface area (Å²) in [5.74, 6) is 2.06. The molecule has 0 aliphatic heterocycles. The zero-order valence-corrected chi connectivity index (χ0v) is 23.9. The molecule has 0 N–H and O–H groups in total. The van der Waals surface area contributed by atoms with E-state index in [4.69, 9.17) is 28.5 Å². The molecule has 2 aromatic carbocycles. The van der Waals surface area contributed by atoms with Gasteiger partial charge in [0, 0.05) is 20.4 Å². The molecule has 0 radical (unpaired) electrons. The SMILES string of the molecule is COCCOCCOc1ccc(C2CCC(N(OCc3ccccc3)c3ccnc(COC)c3OC)CC2)cc1. The van der Waals surface area contributed by atoms with E-state index in [0.717, 1.165) is 48.4 Å². The van der Waals surface area contributed by atoms with E-state index in [0.29, 0.717) is 51.3 Å². The topological polar surface area (TPSA) is 71.5 Å². The monoisotopic (exact) mass is 550 g/mol. The van der Waals surface area contributed by atoms with Crippen LogP contribution in [0.3, 0.4) is 0 Å². The Morgan fingerprint density at radius 3 is 2.23 bits per heavy atom. The number of ether oxygens (including phenoxy) is 5. The predicted molar refractivity (Wildman–Crippen MR) is 155 cm³/mol. The Morgan fingerprint density at radius 2 is 1.52 bits per heavy atom. The summed E-state index contributed by atoms with van der Waals surface area (Å²) in [5.41, 5.74) is 4.11. The van der Waals surface area contributed by atoms with E-state index in [1.807, 2.05) is 24.3 Å². The highest BCUT2D eigenvalue weighted by Gasteiger charge is 2.30. The highest BCUT2D eigenvalue weighted by molar-refractivity contribution is 5.59. The van der Waals surface area contributed by atoms with Gasteiger partial charge in [-0.3, -0.25) is 9.82 Å². The molecule has 0 bridgehead atoms. The van der Waals surface area contributed by atoms with E-state index < -0.39 is 0 Å². The van der Waals surface area contributed by atoms with Gasteiger partial charge in [0.1, 0.15) is 23.7 Å². The average Bonchev–Trinajstić information content (AvgIpc) is 3.00. The van der Waals surface area contributed by atoms with E-state index in [9.17, 15) is 0 Å². The van der Waals surface area contributed by atoms with Gasteiger partial charge in [-0.1, -0.05) is 42.5 Å². The van der Waals surface area contributed by atoms with E-state index in [2.05, 4.69) is 46.4 Å². The predicted octanol–water partition coefficient (Wildman–Crippen LogP) is 5.94. The molecule has 0 amide bonds. The van der Waals surface area contributed by atoms with Crippen LogP contribution in [0.2, 0.25) is 0 Å². The fraction of sp³-hybridized carbons (Fsp3) is 0.469. The van der Waals surface area contributed by atoms with Gasteiger partial charge in [0.25, 0.3) is 0 Å². The highest BCUT2D eigenvalue weighted by atomic mass is 16.7. The second kappa shape index (κ2) is 16.2.